The Balaban J connectivity index is 2.10. The third kappa shape index (κ3) is 2.35. The molecule has 3 heteroatoms. The van der Waals surface area contributed by atoms with Gasteiger partial charge in [-0.25, -0.2) is 0 Å². The largest absolute Gasteiger partial charge is 0.493 e. The zero-order chi connectivity index (χ0) is 13.2. The van der Waals surface area contributed by atoms with Gasteiger partial charge >= 0.3 is 5.97 Å². The molecule has 1 aromatic rings. The molecule has 18 heavy (non-hydrogen) atoms. The lowest BCUT2D eigenvalue weighted by molar-refractivity contribution is -0.147. The van der Waals surface area contributed by atoms with Crippen LogP contribution in [0.25, 0.3) is 0 Å². The summed E-state index contributed by atoms with van der Waals surface area (Å²) in [6.45, 7) is 4.88. The van der Waals surface area contributed by atoms with Crippen molar-refractivity contribution in [2.75, 3.05) is 6.61 Å². The molecular weight excluding hydrogens is 228 g/mol. The minimum atomic E-state index is -0.704. The molecule has 0 heterocycles. The van der Waals surface area contributed by atoms with Gasteiger partial charge in [-0.2, -0.15) is 0 Å². The quantitative estimate of drug-likeness (QED) is 0.870. The normalized spacial score (nSPS) is 17.3. The first-order chi connectivity index (χ1) is 8.54. The maximum Gasteiger partial charge on any atom is 0.314 e. The Morgan fingerprint density at radius 2 is 1.94 bits per heavy atom. The van der Waals surface area contributed by atoms with Gasteiger partial charge in [-0.05, 0) is 36.5 Å². The minimum absolute atomic E-state index is 0.488. The maximum atomic E-state index is 11.4. The van der Waals surface area contributed by atoms with E-state index in [1.165, 1.54) is 0 Å². The van der Waals surface area contributed by atoms with Crippen LogP contribution in [0, 0.1) is 5.92 Å². The molecule has 1 aliphatic rings. The third-order valence-electron chi connectivity index (χ3n) is 3.61. The molecule has 1 aromatic carbocycles. The summed E-state index contributed by atoms with van der Waals surface area (Å²) in [6.07, 6.45) is 2.49. The van der Waals surface area contributed by atoms with E-state index in [-0.39, 0.29) is 0 Å². The Bertz CT molecular complexity index is 416. The van der Waals surface area contributed by atoms with Crippen molar-refractivity contribution in [3.8, 4) is 5.75 Å². The topological polar surface area (TPSA) is 46.5 Å². The van der Waals surface area contributed by atoms with Crippen LogP contribution in [0.3, 0.4) is 0 Å². The van der Waals surface area contributed by atoms with Crippen LogP contribution in [0.5, 0.6) is 5.75 Å². The molecule has 1 N–H and O–H groups in total. The Labute approximate surface area is 108 Å². The van der Waals surface area contributed by atoms with Crippen molar-refractivity contribution in [1.29, 1.82) is 0 Å². The summed E-state index contributed by atoms with van der Waals surface area (Å²) in [6, 6.07) is 7.54. The SMILES string of the molecule is CC(C)COc1ccc(C2(C(=O)O)CCC2)cc1. The van der Waals surface area contributed by atoms with E-state index in [1.54, 1.807) is 0 Å². The maximum absolute atomic E-state index is 11.4. The number of rotatable bonds is 5. The number of carboxylic acids is 1. The van der Waals surface area contributed by atoms with Crippen molar-refractivity contribution in [1.82, 2.24) is 0 Å². The standard InChI is InChI=1S/C15H20O3/c1-11(2)10-18-13-6-4-12(5-7-13)15(14(16)17)8-3-9-15/h4-7,11H,3,8-10H2,1-2H3,(H,16,17). The van der Waals surface area contributed by atoms with Crippen molar-refractivity contribution in [2.24, 2.45) is 5.92 Å². The van der Waals surface area contributed by atoms with E-state index in [9.17, 15) is 9.90 Å². The molecular formula is C15H20O3. The second-order valence-corrected chi connectivity index (χ2v) is 5.47. The molecule has 0 aliphatic heterocycles. The number of hydrogen-bond acceptors (Lipinski definition) is 2. The van der Waals surface area contributed by atoms with Gasteiger partial charge in [0, 0.05) is 0 Å². The number of ether oxygens (including phenoxy) is 1. The van der Waals surface area contributed by atoms with E-state index in [2.05, 4.69) is 13.8 Å². The summed E-state index contributed by atoms with van der Waals surface area (Å²) < 4.78 is 5.60. The highest BCUT2D eigenvalue weighted by Gasteiger charge is 2.45. The summed E-state index contributed by atoms with van der Waals surface area (Å²) in [5, 5.41) is 9.35. The lowest BCUT2D eigenvalue weighted by atomic mass is 9.64. The zero-order valence-corrected chi connectivity index (χ0v) is 11.0. The Hall–Kier alpha value is -1.51. The highest BCUT2D eigenvalue weighted by Crippen LogP contribution is 2.44. The molecule has 98 valence electrons. The average Bonchev–Trinajstić information content (AvgIpc) is 2.26. The highest BCUT2D eigenvalue weighted by molar-refractivity contribution is 5.82. The summed E-state index contributed by atoms with van der Waals surface area (Å²) in [7, 11) is 0. The fourth-order valence-electron chi connectivity index (χ4n) is 2.29. The number of benzene rings is 1. The van der Waals surface area contributed by atoms with Crippen LogP contribution in [0.4, 0.5) is 0 Å². The highest BCUT2D eigenvalue weighted by atomic mass is 16.5. The molecule has 0 radical (unpaired) electrons. The van der Waals surface area contributed by atoms with Crippen LogP contribution in [0.1, 0.15) is 38.7 Å². The average molecular weight is 248 g/mol. The molecule has 0 amide bonds. The number of aliphatic carboxylic acids is 1. The van der Waals surface area contributed by atoms with Crippen molar-refractivity contribution >= 4 is 5.97 Å². The molecule has 3 nitrogen and oxygen atoms in total. The second-order valence-electron chi connectivity index (χ2n) is 5.47. The van der Waals surface area contributed by atoms with Crippen LogP contribution in [0.15, 0.2) is 24.3 Å². The lowest BCUT2D eigenvalue weighted by Crippen LogP contribution is -2.42. The number of carboxylic acid groups (broad SMARTS) is 1. The monoisotopic (exact) mass is 248 g/mol. The van der Waals surface area contributed by atoms with Crippen molar-refractivity contribution in [2.45, 2.75) is 38.5 Å². The predicted molar refractivity (Wildman–Crippen MR) is 69.9 cm³/mol. The molecule has 0 saturated heterocycles. The van der Waals surface area contributed by atoms with E-state index in [0.717, 1.165) is 30.6 Å². The Morgan fingerprint density at radius 1 is 1.33 bits per heavy atom. The number of hydrogen-bond donors (Lipinski definition) is 1. The van der Waals surface area contributed by atoms with Gasteiger partial charge < -0.3 is 9.84 Å². The van der Waals surface area contributed by atoms with Crippen molar-refractivity contribution < 1.29 is 14.6 Å². The first-order valence-electron chi connectivity index (χ1n) is 6.51. The van der Waals surface area contributed by atoms with Crippen LogP contribution < -0.4 is 4.74 Å². The van der Waals surface area contributed by atoms with Gasteiger partial charge in [-0.3, -0.25) is 4.79 Å². The van der Waals surface area contributed by atoms with E-state index in [4.69, 9.17) is 4.74 Å². The summed E-state index contributed by atoms with van der Waals surface area (Å²) >= 11 is 0. The van der Waals surface area contributed by atoms with Gasteiger partial charge in [-0.1, -0.05) is 32.4 Å². The van der Waals surface area contributed by atoms with Crippen LogP contribution >= 0.6 is 0 Å². The van der Waals surface area contributed by atoms with E-state index >= 15 is 0 Å². The fourth-order valence-corrected chi connectivity index (χ4v) is 2.29. The van der Waals surface area contributed by atoms with Crippen LogP contribution in [0.2, 0.25) is 0 Å². The lowest BCUT2D eigenvalue weighted by Gasteiger charge is -2.38. The van der Waals surface area contributed by atoms with Gasteiger partial charge in [0.05, 0.1) is 12.0 Å². The Kier molecular flexibility index (Phi) is 3.60. The molecule has 0 atom stereocenters. The minimum Gasteiger partial charge on any atom is -0.493 e. The van der Waals surface area contributed by atoms with Gasteiger partial charge in [0.15, 0.2) is 0 Å². The van der Waals surface area contributed by atoms with E-state index in [1.807, 2.05) is 24.3 Å². The second kappa shape index (κ2) is 5.01. The summed E-state index contributed by atoms with van der Waals surface area (Å²) in [4.78, 5) is 11.4. The first kappa shape index (κ1) is 12.9. The van der Waals surface area contributed by atoms with Crippen LogP contribution in [-0.4, -0.2) is 17.7 Å². The van der Waals surface area contributed by atoms with Crippen molar-refractivity contribution in [3.05, 3.63) is 29.8 Å². The molecule has 1 saturated carbocycles. The molecule has 0 unspecified atom stereocenters. The summed E-state index contributed by atoms with van der Waals surface area (Å²) in [5.74, 6) is 0.596. The molecule has 0 aromatic heterocycles. The van der Waals surface area contributed by atoms with Gasteiger partial charge in [0.25, 0.3) is 0 Å². The molecule has 1 aliphatic carbocycles. The number of carbonyl (C=O) groups is 1. The smallest absolute Gasteiger partial charge is 0.314 e. The molecule has 0 spiro atoms. The molecule has 2 rings (SSSR count). The Morgan fingerprint density at radius 3 is 2.33 bits per heavy atom. The van der Waals surface area contributed by atoms with E-state index in [0.29, 0.717) is 12.5 Å². The van der Waals surface area contributed by atoms with Gasteiger partial charge in [0.2, 0.25) is 0 Å². The third-order valence-corrected chi connectivity index (χ3v) is 3.61. The zero-order valence-electron chi connectivity index (χ0n) is 11.0. The van der Waals surface area contributed by atoms with Crippen LogP contribution in [-0.2, 0) is 10.2 Å². The van der Waals surface area contributed by atoms with Gasteiger partial charge in [-0.15, -0.1) is 0 Å². The molecule has 1 fully saturated rings. The van der Waals surface area contributed by atoms with Crippen molar-refractivity contribution in [3.63, 3.8) is 0 Å². The summed E-state index contributed by atoms with van der Waals surface area (Å²) in [5.41, 5.74) is 0.259. The predicted octanol–water partition coefficient (Wildman–Crippen LogP) is 3.23. The molecule has 0 bridgehead atoms. The fraction of sp³-hybridized carbons (Fsp3) is 0.533. The van der Waals surface area contributed by atoms with Gasteiger partial charge in [0.1, 0.15) is 5.75 Å². The first-order valence-corrected chi connectivity index (χ1v) is 6.51. The van der Waals surface area contributed by atoms with E-state index < -0.39 is 11.4 Å².